The summed E-state index contributed by atoms with van der Waals surface area (Å²) < 4.78 is 0. The van der Waals surface area contributed by atoms with Gasteiger partial charge in [0.05, 0.1) is 0 Å². The number of aromatic nitrogens is 1. The second kappa shape index (κ2) is 8.39. The van der Waals surface area contributed by atoms with Crippen LogP contribution in [0.5, 0.6) is 0 Å². The number of hydrogen-bond donors (Lipinski definition) is 3. The van der Waals surface area contributed by atoms with Gasteiger partial charge in [-0.3, -0.25) is 4.99 Å². The number of aromatic amines is 1. The summed E-state index contributed by atoms with van der Waals surface area (Å²) in [5, 5.41) is 4.97. The molecule has 0 fully saturated rings. The van der Waals surface area contributed by atoms with Crippen LogP contribution in [0.2, 0.25) is 5.02 Å². The van der Waals surface area contributed by atoms with E-state index in [0.29, 0.717) is 12.5 Å². The van der Waals surface area contributed by atoms with Crippen molar-refractivity contribution in [2.75, 3.05) is 11.9 Å². The van der Waals surface area contributed by atoms with Crippen molar-refractivity contribution in [3.05, 3.63) is 64.8 Å². The van der Waals surface area contributed by atoms with Crippen molar-refractivity contribution in [1.29, 1.82) is 0 Å². The molecule has 0 atom stereocenters. The molecule has 0 spiro atoms. The number of nitrogens with one attached hydrogen (secondary N) is 2. The molecule has 0 aliphatic carbocycles. The number of anilines is 1. The van der Waals surface area contributed by atoms with Crippen LogP contribution in [0.4, 0.5) is 5.69 Å². The summed E-state index contributed by atoms with van der Waals surface area (Å²) in [6.07, 6.45) is 2.80. The average Bonchev–Trinajstić information content (AvgIpc) is 2.92. The van der Waals surface area contributed by atoms with E-state index >= 15 is 0 Å². The van der Waals surface area contributed by atoms with Gasteiger partial charge in [-0.1, -0.05) is 29.3 Å². The fraction of sp³-hybridized carbons (Fsp3) is 0.167. The third-order valence-electron chi connectivity index (χ3n) is 3.72. The second-order valence-corrected chi connectivity index (χ2v) is 5.95. The van der Waals surface area contributed by atoms with Crippen LogP contribution < -0.4 is 11.1 Å². The normalized spacial score (nSPS) is 11.3. The van der Waals surface area contributed by atoms with Crippen LogP contribution in [-0.4, -0.2) is 17.5 Å². The number of halogens is 2. The Morgan fingerprint density at radius 2 is 1.96 bits per heavy atom. The third kappa shape index (κ3) is 4.64. The van der Waals surface area contributed by atoms with Crippen molar-refractivity contribution < 1.29 is 0 Å². The van der Waals surface area contributed by atoms with Crippen LogP contribution in [0.25, 0.3) is 10.9 Å². The highest BCUT2D eigenvalue weighted by atomic mass is 127. The molecular weight excluding hydrogens is 435 g/mol. The first kappa shape index (κ1) is 18.6. The third-order valence-corrected chi connectivity index (χ3v) is 3.95. The van der Waals surface area contributed by atoms with Crippen LogP contribution in [0, 0.1) is 6.92 Å². The lowest BCUT2D eigenvalue weighted by atomic mass is 10.1. The van der Waals surface area contributed by atoms with E-state index in [1.807, 2.05) is 48.7 Å². The predicted octanol–water partition coefficient (Wildman–Crippen LogP) is 4.72. The molecule has 2 aromatic carbocycles. The number of guanidine groups is 1. The Hall–Kier alpha value is -1.73. The second-order valence-electron chi connectivity index (χ2n) is 5.51. The van der Waals surface area contributed by atoms with E-state index in [9.17, 15) is 0 Å². The first-order chi connectivity index (χ1) is 11.1. The molecule has 0 aliphatic rings. The summed E-state index contributed by atoms with van der Waals surface area (Å²) in [6, 6.07) is 13.9. The molecule has 3 rings (SSSR count). The van der Waals surface area contributed by atoms with E-state index < -0.39 is 0 Å². The number of benzene rings is 2. The van der Waals surface area contributed by atoms with Crippen molar-refractivity contribution in [3.63, 3.8) is 0 Å². The number of hydrogen-bond acceptors (Lipinski definition) is 1. The lowest BCUT2D eigenvalue weighted by Crippen LogP contribution is -2.23. The molecule has 24 heavy (non-hydrogen) atoms. The number of rotatable bonds is 4. The Labute approximate surface area is 163 Å². The van der Waals surface area contributed by atoms with Gasteiger partial charge in [-0.25, -0.2) is 0 Å². The molecule has 0 saturated heterocycles. The Morgan fingerprint density at radius 1 is 1.21 bits per heavy atom. The smallest absolute Gasteiger partial charge is 0.193 e. The molecule has 0 saturated carbocycles. The van der Waals surface area contributed by atoms with E-state index in [1.54, 1.807) is 0 Å². The van der Waals surface area contributed by atoms with Crippen molar-refractivity contribution in [1.82, 2.24) is 4.98 Å². The zero-order valence-corrected chi connectivity index (χ0v) is 16.4. The van der Waals surface area contributed by atoms with Gasteiger partial charge in [0.15, 0.2) is 5.96 Å². The minimum atomic E-state index is 0. The van der Waals surface area contributed by atoms with Gasteiger partial charge < -0.3 is 16.0 Å². The Morgan fingerprint density at radius 3 is 2.71 bits per heavy atom. The maximum atomic E-state index is 6.06. The molecule has 3 aromatic rings. The average molecular weight is 455 g/mol. The SMILES string of the molecule is Cc1ccc(NC(N)=NCCc2c[nH]c3ccc(Cl)cc23)cc1.I. The quantitative estimate of drug-likeness (QED) is 0.303. The zero-order valence-electron chi connectivity index (χ0n) is 13.3. The molecule has 0 radical (unpaired) electrons. The molecule has 0 aliphatic heterocycles. The topological polar surface area (TPSA) is 66.2 Å². The monoisotopic (exact) mass is 454 g/mol. The summed E-state index contributed by atoms with van der Waals surface area (Å²) in [6.45, 7) is 2.67. The number of aryl methyl sites for hydroxylation is 1. The van der Waals surface area contributed by atoms with E-state index in [0.717, 1.165) is 28.0 Å². The Balaban J connectivity index is 0.00000208. The molecule has 1 heterocycles. The minimum Gasteiger partial charge on any atom is -0.370 e. The molecule has 1 aromatic heterocycles. The van der Waals surface area contributed by atoms with Gasteiger partial charge in [0.25, 0.3) is 0 Å². The highest BCUT2D eigenvalue weighted by Gasteiger charge is 2.04. The van der Waals surface area contributed by atoms with Crippen LogP contribution in [0.3, 0.4) is 0 Å². The molecule has 6 heteroatoms. The Kier molecular flexibility index (Phi) is 6.51. The van der Waals surface area contributed by atoms with Crippen molar-refractivity contribution in [2.45, 2.75) is 13.3 Å². The molecule has 4 N–H and O–H groups in total. The standard InChI is InChI=1S/C18H19ClN4.HI/c1-12-2-5-15(6-3-12)23-18(20)21-9-8-13-11-22-17-7-4-14(19)10-16(13)17;/h2-7,10-11,22H,8-9H2,1H3,(H3,20,21,23);1H. The lowest BCUT2D eigenvalue weighted by Gasteiger charge is -2.05. The van der Waals surface area contributed by atoms with Gasteiger partial charge in [-0.2, -0.15) is 0 Å². The van der Waals surface area contributed by atoms with Gasteiger partial charge in [0.2, 0.25) is 0 Å². The Bertz CT molecular complexity index is 840. The fourth-order valence-corrected chi connectivity index (χ4v) is 2.65. The molecule has 0 unspecified atom stereocenters. The molecule has 0 bridgehead atoms. The van der Waals surface area contributed by atoms with Crippen LogP contribution in [0.1, 0.15) is 11.1 Å². The first-order valence-electron chi connectivity index (χ1n) is 7.51. The number of fused-ring (bicyclic) bond motifs is 1. The summed E-state index contributed by atoms with van der Waals surface area (Å²) in [4.78, 5) is 7.63. The number of aliphatic imine (C=N–C) groups is 1. The molecule has 0 amide bonds. The van der Waals surface area contributed by atoms with Gasteiger partial charge in [0.1, 0.15) is 0 Å². The van der Waals surface area contributed by atoms with Gasteiger partial charge in [-0.15, -0.1) is 24.0 Å². The largest absolute Gasteiger partial charge is 0.370 e. The molecular formula is C18H20ClIN4. The summed E-state index contributed by atoms with van der Waals surface area (Å²) in [5.41, 5.74) is 10.4. The van der Waals surface area contributed by atoms with E-state index in [4.69, 9.17) is 17.3 Å². The van der Waals surface area contributed by atoms with Gasteiger partial charge in [-0.05, 0) is 49.2 Å². The number of nitrogens with zero attached hydrogens (tertiary/aromatic N) is 1. The maximum absolute atomic E-state index is 6.06. The zero-order chi connectivity index (χ0) is 16.2. The van der Waals surface area contributed by atoms with E-state index in [-0.39, 0.29) is 24.0 Å². The van der Waals surface area contributed by atoms with Crippen molar-refractivity contribution >= 4 is 58.1 Å². The van der Waals surface area contributed by atoms with Crippen LogP contribution in [-0.2, 0) is 6.42 Å². The van der Waals surface area contributed by atoms with Crippen molar-refractivity contribution in [3.8, 4) is 0 Å². The fourth-order valence-electron chi connectivity index (χ4n) is 2.48. The number of nitrogens with two attached hydrogens (primary N) is 1. The van der Waals surface area contributed by atoms with E-state index in [1.165, 1.54) is 11.1 Å². The first-order valence-corrected chi connectivity index (χ1v) is 7.89. The maximum Gasteiger partial charge on any atom is 0.193 e. The van der Waals surface area contributed by atoms with Gasteiger partial charge in [0, 0.05) is 34.4 Å². The lowest BCUT2D eigenvalue weighted by molar-refractivity contribution is 0.972. The minimum absolute atomic E-state index is 0. The van der Waals surface area contributed by atoms with Crippen LogP contribution in [0.15, 0.2) is 53.7 Å². The van der Waals surface area contributed by atoms with E-state index in [2.05, 4.69) is 22.2 Å². The van der Waals surface area contributed by atoms with Crippen molar-refractivity contribution in [2.24, 2.45) is 10.7 Å². The summed E-state index contributed by atoms with van der Waals surface area (Å²) >= 11 is 6.06. The summed E-state index contributed by atoms with van der Waals surface area (Å²) in [5.74, 6) is 0.423. The summed E-state index contributed by atoms with van der Waals surface area (Å²) in [7, 11) is 0. The van der Waals surface area contributed by atoms with Crippen LogP contribution >= 0.6 is 35.6 Å². The molecule has 4 nitrogen and oxygen atoms in total. The predicted molar refractivity (Wildman–Crippen MR) is 114 cm³/mol. The highest BCUT2D eigenvalue weighted by Crippen LogP contribution is 2.22. The highest BCUT2D eigenvalue weighted by molar-refractivity contribution is 14.0. The van der Waals surface area contributed by atoms with Gasteiger partial charge >= 0.3 is 0 Å². The number of H-pyrrole nitrogens is 1. The molecule has 126 valence electrons.